The quantitative estimate of drug-likeness (QED) is 0.623. The Morgan fingerprint density at radius 2 is 1.62 bits per heavy atom. The average molecular weight is 376 g/mol. The van der Waals surface area contributed by atoms with E-state index in [4.69, 9.17) is 9.47 Å². The van der Waals surface area contributed by atoms with Crippen LogP contribution in [-0.4, -0.2) is 46.6 Å². The summed E-state index contributed by atoms with van der Waals surface area (Å²) in [7, 11) is -0.945. The fourth-order valence-electron chi connectivity index (χ4n) is 2.46. The number of hydrogen-bond donors (Lipinski definition) is 0. The average Bonchev–Trinajstić information content (AvgIpc) is 2.62. The molecule has 7 heteroatoms. The number of ether oxygens (including phenoxy) is 2. The minimum atomic E-state index is -3.80. The second-order valence-corrected chi connectivity index (χ2v) is 7.66. The monoisotopic (exact) mass is 376 g/mol. The number of ketones is 2. The number of Topliss-reactive ketones (excluding diaryl/α,β-unsaturated/α-hetero) is 2. The summed E-state index contributed by atoms with van der Waals surface area (Å²) in [5.74, 6) is -0.967. The number of carbonyl (C=O) groups is 2. The molecule has 26 heavy (non-hydrogen) atoms. The summed E-state index contributed by atoms with van der Waals surface area (Å²) in [5.41, 5.74) is 0.905. The van der Waals surface area contributed by atoms with Crippen LogP contribution in [-0.2, 0) is 25.8 Å². The van der Waals surface area contributed by atoms with Gasteiger partial charge in [0.2, 0.25) is 0 Å². The second-order valence-electron chi connectivity index (χ2n) is 5.67. The largest absolute Gasteiger partial charge is 0.496 e. The molecule has 0 bridgehead atoms. The molecule has 0 aliphatic carbocycles. The molecule has 0 fully saturated rings. The molecule has 0 radical (unpaired) electrons. The first-order valence-electron chi connectivity index (χ1n) is 7.86. The fraction of sp³-hybridized carbons (Fsp3) is 0.263. The van der Waals surface area contributed by atoms with Crippen LogP contribution in [0.1, 0.15) is 15.9 Å². The number of sulfone groups is 1. The number of para-hydroxylation sites is 1. The standard InChI is InChI=1S/C19H20O6S/c1-24-12-15(20)11-14-7-9-16(10-8-14)26(22,23)13-18(21)17-5-3-4-6-19(17)25-2/h3-10H,11-13H2,1-2H3. The smallest absolute Gasteiger partial charge is 0.185 e. The highest BCUT2D eigenvalue weighted by molar-refractivity contribution is 7.92. The number of rotatable bonds is 9. The van der Waals surface area contributed by atoms with Crippen molar-refractivity contribution in [3.8, 4) is 5.75 Å². The maximum absolute atomic E-state index is 12.5. The van der Waals surface area contributed by atoms with Gasteiger partial charge in [0.05, 0.1) is 17.6 Å². The van der Waals surface area contributed by atoms with E-state index >= 15 is 0 Å². The Morgan fingerprint density at radius 3 is 2.23 bits per heavy atom. The Bertz CT molecular complexity index is 885. The van der Waals surface area contributed by atoms with E-state index in [0.29, 0.717) is 11.3 Å². The molecule has 0 saturated heterocycles. The summed E-state index contributed by atoms with van der Waals surface area (Å²) < 4.78 is 34.9. The van der Waals surface area contributed by atoms with Crippen LogP contribution >= 0.6 is 0 Å². The van der Waals surface area contributed by atoms with Gasteiger partial charge in [-0.25, -0.2) is 8.42 Å². The first-order valence-corrected chi connectivity index (χ1v) is 9.51. The van der Waals surface area contributed by atoms with E-state index in [1.165, 1.54) is 32.4 Å². The van der Waals surface area contributed by atoms with E-state index < -0.39 is 21.4 Å². The third kappa shape index (κ3) is 5.00. The van der Waals surface area contributed by atoms with Gasteiger partial charge < -0.3 is 9.47 Å². The molecule has 0 amide bonds. The Kier molecular flexibility index (Phi) is 6.65. The lowest BCUT2D eigenvalue weighted by molar-refractivity contribution is -0.121. The summed E-state index contributed by atoms with van der Waals surface area (Å²) in [5, 5.41) is 0. The third-order valence-corrected chi connectivity index (χ3v) is 5.35. The van der Waals surface area contributed by atoms with Gasteiger partial charge in [-0.3, -0.25) is 9.59 Å². The summed E-state index contributed by atoms with van der Waals surface area (Å²) in [6.45, 7) is 0.00740. The van der Waals surface area contributed by atoms with Crippen LogP contribution in [0.4, 0.5) is 0 Å². The van der Waals surface area contributed by atoms with Crippen molar-refractivity contribution in [2.75, 3.05) is 26.6 Å². The van der Waals surface area contributed by atoms with E-state index in [-0.39, 0.29) is 29.3 Å². The van der Waals surface area contributed by atoms with Gasteiger partial charge >= 0.3 is 0 Å². The van der Waals surface area contributed by atoms with Gasteiger partial charge in [0, 0.05) is 13.5 Å². The van der Waals surface area contributed by atoms with Gasteiger partial charge in [0.25, 0.3) is 0 Å². The van der Waals surface area contributed by atoms with Crippen LogP contribution in [0.5, 0.6) is 5.75 Å². The zero-order chi connectivity index (χ0) is 19.2. The van der Waals surface area contributed by atoms with E-state index in [1.807, 2.05) is 0 Å². The molecular weight excluding hydrogens is 356 g/mol. The third-order valence-electron chi connectivity index (χ3n) is 3.72. The number of methoxy groups -OCH3 is 2. The minimum absolute atomic E-state index is 0.00740. The molecule has 0 spiro atoms. The van der Waals surface area contributed by atoms with E-state index in [9.17, 15) is 18.0 Å². The van der Waals surface area contributed by atoms with Crippen LogP contribution in [0, 0.1) is 0 Å². The molecule has 2 aromatic rings. The Balaban J connectivity index is 2.14. The SMILES string of the molecule is COCC(=O)Cc1ccc(S(=O)(=O)CC(=O)c2ccccc2OC)cc1. The molecule has 138 valence electrons. The van der Waals surface area contributed by atoms with Crippen LogP contribution in [0.3, 0.4) is 0 Å². The maximum atomic E-state index is 12.5. The van der Waals surface area contributed by atoms with Crippen molar-refractivity contribution in [2.24, 2.45) is 0 Å². The van der Waals surface area contributed by atoms with Gasteiger partial charge in [-0.15, -0.1) is 0 Å². The highest BCUT2D eigenvalue weighted by Crippen LogP contribution is 2.20. The highest BCUT2D eigenvalue weighted by atomic mass is 32.2. The fourth-order valence-corrected chi connectivity index (χ4v) is 3.68. The topological polar surface area (TPSA) is 86.7 Å². The van der Waals surface area contributed by atoms with Crippen LogP contribution in [0.25, 0.3) is 0 Å². The molecule has 2 aromatic carbocycles. The number of hydrogen-bond acceptors (Lipinski definition) is 6. The first-order chi connectivity index (χ1) is 12.4. The molecule has 2 rings (SSSR count). The summed E-state index contributed by atoms with van der Waals surface area (Å²) in [4.78, 5) is 24.0. The highest BCUT2D eigenvalue weighted by Gasteiger charge is 2.22. The van der Waals surface area contributed by atoms with Gasteiger partial charge in [-0.2, -0.15) is 0 Å². The molecule has 0 aliphatic rings. The number of carbonyl (C=O) groups excluding carboxylic acids is 2. The molecule has 0 aliphatic heterocycles. The van der Waals surface area contributed by atoms with Crippen molar-refractivity contribution in [1.82, 2.24) is 0 Å². The molecule has 0 heterocycles. The molecule has 0 aromatic heterocycles. The second kappa shape index (κ2) is 8.73. The van der Waals surface area contributed by atoms with Crippen LogP contribution in [0.15, 0.2) is 53.4 Å². The lowest BCUT2D eigenvalue weighted by Gasteiger charge is -2.08. The lowest BCUT2D eigenvalue weighted by atomic mass is 10.1. The Hall–Kier alpha value is -2.51. The van der Waals surface area contributed by atoms with E-state index in [1.54, 1.807) is 30.3 Å². The molecule has 0 saturated carbocycles. The summed E-state index contributed by atoms with van der Waals surface area (Å²) in [6.07, 6.45) is 0.161. The molecule has 6 nitrogen and oxygen atoms in total. The predicted molar refractivity (Wildman–Crippen MR) is 96.4 cm³/mol. The lowest BCUT2D eigenvalue weighted by Crippen LogP contribution is -2.17. The van der Waals surface area contributed by atoms with Crippen LogP contribution < -0.4 is 4.74 Å². The zero-order valence-electron chi connectivity index (χ0n) is 14.6. The minimum Gasteiger partial charge on any atom is -0.496 e. The normalized spacial score (nSPS) is 11.2. The van der Waals surface area contributed by atoms with Crippen molar-refractivity contribution >= 4 is 21.4 Å². The molecule has 0 N–H and O–H groups in total. The van der Waals surface area contributed by atoms with E-state index in [2.05, 4.69) is 0 Å². The first kappa shape index (κ1) is 19.8. The van der Waals surface area contributed by atoms with Crippen molar-refractivity contribution in [1.29, 1.82) is 0 Å². The Morgan fingerprint density at radius 1 is 0.962 bits per heavy atom. The van der Waals surface area contributed by atoms with Gasteiger partial charge in [0.15, 0.2) is 21.4 Å². The van der Waals surface area contributed by atoms with E-state index in [0.717, 1.165) is 0 Å². The zero-order valence-corrected chi connectivity index (χ0v) is 15.4. The molecule has 0 unspecified atom stereocenters. The maximum Gasteiger partial charge on any atom is 0.185 e. The van der Waals surface area contributed by atoms with Crippen molar-refractivity contribution in [3.63, 3.8) is 0 Å². The van der Waals surface area contributed by atoms with Gasteiger partial charge in [-0.1, -0.05) is 24.3 Å². The van der Waals surface area contributed by atoms with Gasteiger partial charge in [-0.05, 0) is 29.8 Å². The van der Waals surface area contributed by atoms with Crippen molar-refractivity contribution in [2.45, 2.75) is 11.3 Å². The summed E-state index contributed by atoms with van der Waals surface area (Å²) in [6, 6.07) is 12.4. The molecular formula is C19H20O6S. The summed E-state index contributed by atoms with van der Waals surface area (Å²) >= 11 is 0. The predicted octanol–water partition coefficient (Wildman–Crippen LogP) is 2.11. The van der Waals surface area contributed by atoms with Crippen LogP contribution in [0.2, 0.25) is 0 Å². The van der Waals surface area contributed by atoms with Crippen molar-refractivity contribution < 1.29 is 27.5 Å². The number of benzene rings is 2. The van der Waals surface area contributed by atoms with Crippen molar-refractivity contribution in [3.05, 3.63) is 59.7 Å². The Labute approximate surface area is 152 Å². The molecule has 0 atom stereocenters. The van der Waals surface area contributed by atoms with Gasteiger partial charge in [0.1, 0.15) is 18.1 Å².